The van der Waals surface area contributed by atoms with Gasteiger partial charge in [0, 0.05) is 49.3 Å². The van der Waals surface area contributed by atoms with Gasteiger partial charge in [-0.05, 0) is 101 Å². The van der Waals surface area contributed by atoms with Gasteiger partial charge in [0.25, 0.3) is 0 Å². The smallest absolute Gasteiger partial charge is 0.0361 e. The molecule has 1 aliphatic heterocycles. The van der Waals surface area contributed by atoms with E-state index in [1.165, 1.54) is 50.3 Å². The third kappa shape index (κ3) is 4.87. The fourth-order valence-electron chi connectivity index (χ4n) is 4.55. The number of benzene rings is 3. The number of aryl methyl sites for hydroxylation is 3. The van der Waals surface area contributed by atoms with Crippen LogP contribution in [0, 0.1) is 20.8 Å². The van der Waals surface area contributed by atoms with E-state index in [2.05, 4.69) is 132 Å². The van der Waals surface area contributed by atoms with Crippen molar-refractivity contribution in [2.45, 2.75) is 20.8 Å². The van der Waals surface area contributed by atoms with Crippen LogP contribution in [0.4, 0.5) is 11.4 Å². The Balaban J connectivity index is 1.91. The van der Waals surface area contributed by atoms with E-state index in [0.717, 1.165) is 9.77 Å². The predicted octanol–water partition coefficient (Wildman–Crippen LogP) is 7.83. The van der Waals surface area contributed by atoms with Gasteiger partial charge in [0.05, 0.1) is 0 Å². The first-order valence-corrected chi connectivity index (χ1v) is 13.6. The van der Waals surface area contributed by atoms with Gasteiger partial charge in [-0.25, -0.2) is 0 Å². The number of allylic oxidation sites excluding steroid dienone is 3. The lowest BCUT2D eigenvalue weighted by Gasteiger charge is -2.22. The molecule has 0 N–H and O–H groups in total. The number of rotatable bonds is 5. The maximum absolute atomic E-state index is 7.24. The summed E-state index contributed by atoms with van der Waals surface area (Å²) in [6, 6.07) is 21.9. The Kier molecular flexibility index (Phi) is 7.06. The number of halogens is 1. The van der Waals surface area contributed by atoms with Crippen LogP contribution in [0.25, 0.3) is 10.5 Å². The molecule has 3 aromatic carbocycles. The Bertz CT molecular complexity index is 1290. The highest BCUT2D eigenvalue weighted by molar-refractivity contribution is 8.42. The second-order valence-corrected chi connectivity index (χ2v) is 11.7. The minimum absolute atomic E-state index is 0.568. The first-order valence-electron chi connectivity index (χ1n) is 11.5. The molecule has 0 aromatic heterocycles. The van der Waals surface area contributed by atoms with Crippen LogP contribution in [-0.4, -0.2) is 33.1 Å². The van der Waals surface area contributed by atoms with Crippen molar-refractivity contribution in [1.82, 2.24) is 0 Å². The number of anilines is 2. The monoisotopic (exact) mass is 488 g/mol. The van der Waals surface area contributed by atoms with E-state index in [1.807, 2.05) is 0 Å². The van der Waals surface area contributed by atoms with E-state index in [4.69, 9.17) is 10.7 Å². The average Bonchev–Trinajstić information content (AvgIpc) is 2.79. The third-order valence-electron chi connectivity index (χ3n) is 6.26. The summed E-state index contributed by atoms with van der Waals surface area (Å²) in [5, 5.41) is 0. The van der Waals surface area contributed by atoms with Gasteiger partial charge in [0.15, 0.2) is 0 Å². The summed E-state index contributed by atoms with van der Waals surface area (Å²) < 4.78 is 0. The van der Waals surface area contributed by atoms with Crippen LogP contribution in [-0.2, 0) is 0 Å². The molecule has 3 aromatic rings. The van der Waals surface area contributed by atoms with Gasteiger partial charge >= 0.3 is 0 Å². The fraction of sp³-hybridized carbons (Fsp3) is 0.233. The maximum Gasteiger partial charge on any atom is 0.0361 e. The van der Waals surface area contributed by atoms with Gasteiger partial charge in [-0.2, -0.15) is 0 Å². The maximum atomic E-state index is 7.24. The minimum Gasteiger partial charge on any atom is -0.378 e. The molecule has 0 fully saturated rings. The van der Waals surface area contributed by atoms with E-state index in [-0.39, 0.29) is 0 Å². The Morgan fingerprint density at radius 3 is 1.59 bits per heavy atom. The molecular formula is C30H33ClN2S. The zero-order valence-electron chi connectivity index (χ0n) is 21.1. The molecule has 34 heavy (non-hydrogen) atoms. The lowest BCUT2D eigenvalue weighted by Crippen LogP contribution is -2.09. The Labute approximate surface area is 211 Å². The third-order valence-corrected chi connectivity index (χ3v) is 8.74. The molecule has 0 spiro atoms. The molecular weight excluding hydrogens is 456 g/mol. The molecule has 0 amide bonds. The molecule has 4 heteroatoms. The van der Waals surface area contributed by atoms with Crippen molar-refractivity contribution >= 4 is 47.1 Å². The molecule has 1 heterocycles. The predicted molar refractivity (Wildman–Crippen MR) is 156 cm³/mol. The summed E-state index contributed by atoms with van der Waals surface area (Å²) in [6.07, 6.45) is 4.59. The summed E-state index contributed by atoms with van der Waals surface area (Å²) in [7, 11) is 14.9. The quantitative estimate of drug-likeness (QED) is 0.337. The SMILES string of the molecule is Cc1cc(C)c(C2=CC(c3ccc(N(C)C)cc3)=S(Cl)C(c3ccc(N(C)C)cc3)=C2)c(C)c1. The molecule has 0 radical (unpaired) electrons. The van der Waals surface area contributed by atoms with Gasteiger partial charge in [-0.3, -0.25) is 0 Å². The number of hydrogen-bond donors (Lipinski definition) is 0. The first kappa shape index (κ1) is 24.4. The Hall–Kier alpha value is -2.75. The zero-order valence-corrected chi connectivity index (χ0v) is 22.7. The number of nitrogens with zero attached hydrogens (tertiary/aromatic N) is 2. The topological polar surface area (TPSA) is 6.48 Å². The Morgan fingerprint density at radius 2 is 1.12 bits per heavy atom. The lowest BCUT2D eigenvalue weighted by molar-refractivity contribution is 1.13. The van der Waals surface area contributed by atoms with E-state index < -0.39 is 9.70 Å². The second kappa shape index (κ2) is 9.85. The highest BCUT2D eigenvalue weighted by Crippen LogP contribution is 2.47. The van der Waals surface area contributed by atoms with Crippen molar-refractivity contribution in [2.24, 2.45) is 0 Å². The second-order valence-electron chi connectivity index (χ2n) is 9.39. The van der Waals surface area contributed by atoms with E-state index in [1.54, 1.807) is 0 Å². The lowest BCUT2D eigenvalue weighted by atomic mass is 9.91. The zero-order chi connectivity index (χ0) is 24.6. The van der Waals surface area contributed by atoms with Crippen LogP contribution in [0.15, 0.2) is 72.8 Å². The van der Waals surface area contributed by atoms with Gasteiger partial charge < -0.3 is 9.80 Å². The molecule has 0 saturated carbocycles. The van der Waals surface area contributed by atoms with Crippen molar-refractivity contribution in [2.75, 3.05) is 38.0 Å². The molecule has 0 bridgehead atoms. The van der Waals surface area contributed by atoms with Crippen molar-refractivity contribution in [3.05, 3.63) is 106 Å². The van der Waals surface area contributed by atoms with Crippen molar-refractivity contribution in [3.63, 3.8) is 0 Å². The molecule has 0 saturated heterocycles. The highest BCUT2D eigenvalue weighted by Gasteiger charge is 2.20. The largest absolute Gasteiger partial charge is 0.378 e. The summed E-state index contributed by atoms with van der Waals surface area (Å²) >= 11 is 0. The van der Waals surface area contributed by atoms with Crippen LogP contribution >= 0.6 is 20.4 Å². The van der Waals surface area contributed by atoms with Crippen LogP contribution in [0.3, 0.4) is 0 Å². The Morgan fingerprint density at radius 1 is 0.647 bits per heavy atom. The standard InChI is InChI=1S/C30H33ClN2S/c1-20-16-21(2)30(22(3)17-20)25-18-28(23-8-12-26(13-9-23)32(4)5)34(31)29(19-25)24-10-14-27(15-11-24)33(6)7/h8-19H,1-7H3. The normalized spacial score (nSPS) is 15.6. The molecule has 2 nitrogen and oxygen atoms in total. The van der Waals surface area contributed by atoms with E-state index in [9.17, 15) is 0 Å². The molecule has 1 atom stereocenters. The highest BCUT2D eigenvalue weighted by atomic mass is 35.7. The van der Waals surface area contributed by atoms with E-state index >= 15 is 0 Å². The van der Waals surface area contributed by atoms with Gasteiger partial charge in [-0.15, -0.1) is 0 Å². The van der Waals surface area contributed by atoms with Crippen molar-refractivity contribution in [1.29, 1.82) is 0 Å². The van der Waals surface area contributed by atoms with Crippen LogP contribution in [0.2, 0.25) is 0 Å². The van der Waals surface area contributed by atoms with Gasteiger partial charge in [-0.1, -0.05) is 51.7 Å². The van der Waals surface area contributed by atoms with Crippen LogP contribution in [0.5, 0.6) is 0 Å². The molecule has 1 unspecified atom stereocenters. The van der Waals surface area contributed by atoms with Crippen molar-refractivity contribution in [3.8, 4) is 0 Å². The minimum atomic E-state index is -0.568. The van der Waals surface area contributed by atoms with E-state index in [0.29, 0.717) is 0 Å². The number of hydrogen-bond acceptors (Lipinski definition) is 2. The van der Waals surface area contributed by atoms with Crippen LogP contribution in [0.1, 0.15) is 33.4 Å². The first-order chi connectivity index (χ1) is 16.2. The summed E-state index contributed by atoms with van der Waals surface area (Å²) in [6.45, 7) is 6.57. The summed E-state index contributed by atoms with van der Waals surface area (Å²) in [5.41, 5.74) is 11.1. The average molecular weight is 489 g/mol. The fourth-order valence-corrected chi connectivity index (χ4v) is 6.73. The van der Waals surface area contributed by atoms with Crippen LogP contribution < -0.4 is 9.80 Å². The molecule has 4 rings (SSSR count). The van der Waals surface area contributed by atoms with Gasteiger partial charge in [0.1, 0.15) is 0 Å². The summed E-state index contributed by atoms with van der Waals surface area (Å²) in [4.78, 5) is 6.56. The van der Waals surface area contributed by atoms with Gasteiger partial charge in [0.2, 0.25) is 0 Å². The molecule has 0 aliphatic carbocycles. The summed E-state index contributed by atoms with van der Waals surface area (Å²) in [5.74, 6) is 0. The molecule has 1 aliphatic rings. The van der Waals surface area contributed by atoms with Crippen molar-refractivity contribution < 1.29 is 0 Å². The molecule has 176 valence electrons.